The third-order valence-corrected chi connectivity index (χ3v) is 5.13. The highest BCUT2D eigenvalue weighted by Gasteiger charge is 2.30. The van der Waals surface area contributed by atoms with Crippen LogP contribution in [0.15, 0.2) is 48.5 Å². The van der Waals surface area contributed by atoms with E-state index in [-0.39, 0.29) is 23.5 Å². The minimum Gasteiger partial charge on any atom is -0.376 e. The van der Waals surface area contributed by atoms with Gasteiger partial charge in [-0.25, -0.2) is 0 Å². The summed E-state index contributed by atoms with van der Waals surface area (Å²) in [6, 6.07) is 10.8. The molecule has 11 heteroatoms. The van der Waals surface area contributed by atoms with Crippen LogP contribution in [0.3, 0.4) is 0 Å². The van der Waals surface area contributed by atoms with Gasteiger partial charge in [-0.3, -0.25) is 9.59 Å². The molecule has 1 heterocycles. The highest BCUT2D eigenvalue weighted by atomic mass is 35.5. The Morgan fingerprint density at radius 3 is 2.14 bits per heavy atom. The highest BCUT2D eigenvalue weighted by Crippen LogP contribution is 2.29. The molecule has 1 aliphatic rings. The number of aliphatic hydroxyl groups is 2. The number of carbonyl (C=O) groups excluding carboxylic acids is 2. The predicted molar refractivity (Wildman–Crippen MR) is 124 cm³/mol. The van der Waals surface area contributed by atoms with Crippen molar-refractivity contribution < 1.29 is 37.7 Å². The molecule has 0 aromatic heterocycles. The van der Waals surface area contributed by atoms with E-state index >= 15 is 0 Å². The second kappa shape index (κ2) is 12.3. The summed E-state index contributed by atoms with van der Waals surface area (Å²) in [7, 11) is 0. The summed E-state index contributed by atoms with van der Waals surface area (Å²) < 4.78 is 43.4. The van der Waals surface area contributed by atoms with Crippen molar-refractivity contribution in [3.05, 3.63) is 70.2 Å². The summed E-state index contributed by atoms with van der Waals surface area (Å²) in [4.78, 5) is 24.3. The largest absolute Gasteiger partial charge is 0.416 e. The summed E-state index contributed by atoms with van der Waals surface area (Å²) in [5.41, 5.74) is -0.257. The highest BCUT2D eigenvalue weighted by molar-refractivity contribution is 6.33. The van der Waals surface area contributed by atoms with E-state index in [4.69, 9.17) is 26.6 Å². The number of halogens is 4. The van der Waals surface area contributed by atoms with E-state index in [1.165, 1.54) is 13.8 Å². The molecule has 3 rings (SSSR count). The zero-order valence-electron chi connectivity index (χ0n) is 19.2. The lowest BCUT2D eigenvalue weighted by Crippen LogP contribution is -2.32. The van der Waals surface area contributed by atoms with Crippen LogP contribution in [0.1, 0.15) is 46.5 Å². The van der Waals surface area contributed by atoms with Gasteiger partial charge in [0.05, 0.1) is 28.9 Å². The smallest absolute Gasteiger partial charge is 0.376 e. The third-order valence-electron chi connectivity index (χ3n) is 4.80. The average molecular weight is 517 g/mol. The van der Waals surface area contributed by atoms with Gasteiger partial charge in [0.25, 0.3) is 11.8 Å². The molecule has 0 aliphatic carbocycles. The minimum atomic E-state index is -4.44. The second-order valence-corrected chi connectivity index (χ2v) is 8.93. The zero-order valence-corrected chi connectivity index (χ0v) is 20.0. The lowest BCUT2D eigenvalue weighted by atomic mass is 10.0. The standard InChI is InChI=1S/C21H20ClF3N2O3.C3H8O2/c22-18-4-2-1-3-17(18)20(29)27-11-16-9-13(12-30-16)10-26-19(28)14-5-7-15(8-6-14)21(23,24)25;1-3(2,4)5/h1-8,13,16H,9-12H2,(H,26,28)(H,27,29);4-5H,1-2H3. The van der Waals surface area contributed by atoms with Crippen LogP contribution in [0.5, 0.6) is 0 Å². The maximum Gasteiger partial charge on any atom is 0.416 e. The van der Waals surface area contributed by atoms with E-state index in [0.717, 1.165) is 24.3 Å². The number of carbonyl (C=O) groups is 2. The zero-order chi connectivity index (χ0) is 26.2. The van der Waals surface area contributed by atoms with E-state index in [2.05, 4.69) is 10.6 Å². The molecule has 1 fully saturated rings. The quantitative estimate of drug-likeness (QED) is 0.439. The fourth-order valence-corrected chi connectivity index (χ4v) is 3.38. The fourth-order valence-electron chi connectivity index (χ4n) is 3.16. The molecule has 7 nitrogen and oxygen atoms in total. The Kier molecular flexibility index (Phi) is 10.1. The number of benzene rings is 2. The van der Waals surface area contributed by atoms with Crippen LogP contribution >= 0.6 is 11.6 Å². The molecular weight excluding hydrogens is 489 g/mol. The van der Waals surface area contributed by atoms with Gasteiger partial charge in [-0.15, -0.1) is 0 Å². The molecule has 35 heavy (non-hydrogen) atoms. The molecular formula is C24H28ClF3N2O5. The van der Waals surface area contributed by atoms with Gasteiger partial charge in [-0.1, -0.05) is 23.7 Å². The van der Waals surface area contributed by atoms with Crippen LogP contribution in [0, 0.1) is 5.92 Å². The second-order valence-electron chi connectivity index (χ2n) is 8.53. The van der Waals surface area contributed by atoms with E-state index in [1.807, 2.05) is 0 Å². The van der Waals surface area contributed by atoms with Crippen molar-refractivity contribution in [1.29, 1.82) is 0 Å². The van der Waals surface area contributed by atoms with Gasteiger partial charge in [0.2, 0.25) is 0 Å². The van der Waals surface area contributed by atoms with Crippen molar-refractivity contribution in [3.63, 3.8) is 0 Å². The van der Waals surface area contributed by atoms with Gasteiger partial charge >= 0.3 is 6.18 Å². The predicted octanol–water partition coefficient (Wildman–Crippen LogP) is 3.63. The topological polar surface area (TPSA) is 108 Å². The Morgan fingerprint density at radius 1 is 1.00 bits per heavy atom. The number of hydrogen-bond acceptors (Lipinski definition) is 5. The maximum absolute atomic E-state index is 12.6. The van der Waals surface area contributed by atoms with Crippen LogP contribution in [0.4, 0.5) is 13.2 Å². The van der Waals surface area contributed by atoms with Crippen molar-refractivity contribution in [2.45, 2.75) is 38.3 Å². The molecule has 4 N–H and O–H groups in total. The maximum atomic E-state index is 12.6. The van der Waals surface area contributed by atoms with Crippen molar-refractivity contribution in [3.8, 4) is 0 Å². The normalized spacial score (nSPS) is 17.8. The van der Waals surface area contributed by atoms with Crippen molar-refractivity contribution >= 4 is 23.4 Å². The molecule has 0 saturated carbocycles. The average Bonchev–Trinajstić information content (AvgIpc) is 3.22. The summed E-state index contributed by atoms with van der Waals surface area (Å²) in [6.07, 6.45) is -3.99. The van der Waals surface area contributed by atoms with Crippen molar-refractivity contribution in [2.24, 2.45) is 5.92 Å². The first-order valence-corrected chi connectivity index (χ1v) is 11.2. The van der Waals surface area contributed by atoms with Crippen LogP contribution in [0.25, 0.3) is 0 Å². The van der Waals surface area contributed by atoms with E-state index in [0.29, 0.717) is 36.7 Å². The molecule has 2 aromatic rings. The number of hydrogen-bond donors (Lipinski definition) is 4. The fraction of sp³-hybridized carbons (Fsp3) is 0.417. The van der Waals surface area contributed by atoms with Crippen LogP contribution < -0.4 is 10.6 Å². The Morgan fingerprint density at radius 2 is 1.57 bits per heavy atom. The number of amides is 2. The van der Waals surface area contributed by atoms with Gasteiger partial charge in [0.1, 0.15) is 0 Å². The molecule has 0 spiro atoms. The number of alkyl halides is 3. The molecule has 2 unspecified atom stereocenters. The molecule has 2 aromatic carbocycles. The first kappa shape index (κ1) is 28.6. The number of nitrogens with one attached hydrogen (secondary N) is 2. The Hall–Kier alpha value is -2.66. The molecule has 2 amide bonds. The third kappa shape index (κ3) is 10.2. The van der Waals surface area contributed by atoms with E-state index in [9.17, 15) is 22.8 Å². The monoisotopic (exact) mass is 516 g/mol. The molecule has 0 radical (unpaired) electrons. The summed E-state index contributed by atoms with van der Waals surface area (Å²) in [5, 5.41) is 22.0. The molecule has 1 saturated heterocycles. The lowest BCUT2D eigenvalue weighted by Gasteiger charge is -2.12. The Balaban J connectivity index is 0.000000784. The summed E-state index contributed by atoms with van der Waals surface area (Å²) in [5.74, 6) is -2.19. The van der Waals surface area contributed by atoms with E-state index < -0.39 is 23.4 Å². The first-order chi connectivity index (χ1) is 16.2. The van der Waals surface area contributed by atoms with Gasteiger partial charge in [0.15, 0.2) is 5.79 Å². The van der Waals surface area contributed by atoms with Gasteiger partial charge in [-0.2, -0.15) is 13.2 Å². The van der Waals surface area contributed by atoms with Crippen molar-refractivity contribution in [2.75, 3.05) is 19.7 Å². The Bertz CT molecular complexity index is 988. The number of rotatable bonds is 6. The van der Waals surface area contributed by atoms with Gasteiger partial charge in [0, 0.05) is 24.6 Å². The molecule has 192 valence electrons. The summed E-state index contributed by atoms with van der Waals surface area (Å²) in [6.45, 7) is 3.65. The van der Waals surface area contributed by atoms with Gasteiger partial charge < -0.3 is 25.6 Å². The van der Waals surface area contributed by atoms with Crippen molar-refractivity contribution in [1.82, 2.24) is 10.6 Å². The van der Waals surface area contributed by atoms with Crippen LogP contribution in [0.2, 0.25) is 5.02 Å². The SMILES string of the molecule is CC(C)(O)O.O=C(NCC1COC(CNC(=O)c2ccccc2Cl)C1)c1ccc(C(F)(F)F)cc1. The summed E-state index contributed by atoms with van der Waals surface area (Å²) >= 11 is 6.00. The molecule has 1 aliphatic heterocycles. The lowest BCUT2D eigenvalue weighted by molar-refractivity contribution is -0.137. The number of ether oxygens (including phenoxy) is 1. The molecule has 0 bridgehead atoms. The minimum absolute atomic E-state index is 0.0469. The molecule has 2 atom stereocenters. The van der Waals surface area contributed by atoms with Gasteiger partial charge in [-0.05, 0) is 56.7 Å². The first-order valence-electron chi connectivity index (χ1n) is 10.8. The Labute approximate surface area is 206 Å². The van der Waals surface area contributed by atoms with E-state index in [1.54, 1.807) is 24.3 Å². The van der Waals surface area contributed by atoms with Crippen LogP contribution in [-0.2, 0) is 10.9 Å². The van der Waals surface area contributed by atoms with Crippen LogP contribution in [-0.4, -0.2) is 53.6 Å².